The number of tetrazole rings is 1. The minimum Gasteiger partial charge on any atom is -0.496 e. The molecule has 0 bridgehead atoms. The van der Waals surface area contributed by atoms with Gasteiger partial charge in [-0.25, -0.2) is 0 Å². The van der Waals surface area contributed by atoms with Crippen molar-refractivity contribution in [3.63, 3.8) is 0 Å². The Bertz CT molecular complexity index is 830. The van der Waals surface area contributed by atoms with Crippen molar-refractivity contribution in [2.45, 2.75) is 6.54 Å². The number of ether oxygens (including phenoxy) is 1. The smallest absolute Gasteiger partial charge is 0.204 e. The fraction of sp³-hybridized carbons (Fsp3) is 0.125. The zero-order chi connectivity index (χ0) is 16.2. The molecule has 3 rings (SSSR count). The summed E-state index contributed by atoms with van der Waals surface area (Å²) < 4.78 is 5.19. The predicted molar refractivity (Wildman–Crippen MR) is 85.6 cm³/mol. The molecule has 23 heavy (non-hydrogen) atoms. The van der Waals surface area contributed by atoms with Gasteiger partial charge in [-0.1, -0.05) is 23.7 Å². The van der Waals surface area contributed by atoms with Gasteiger partial charge in [0.2, 0.25) is 5.82 Å². The number of carbonyl (C=O) groups is 1. The van der Waals surface area contributed by atoms with Crippen LogP contribution in [0.15, 0.2) is 48.5 Å². The van der Waals surface area contributed by atoms with E-state index in [9.17, 15) is 4.79 Å². The lowest BCUT2D eigenvalue weighted by molar-refractivity contribution is 0.0958. The SMILES string of the molecule is COc1ccccc1C(=O)Cn1nnc(-c2ccc(Cl)cc2)n1. The number of methoxy groups -OCH3 is 1. The first-order valence-corrected chi connectivity index (χ1v) is 7.25. The van der Waals surface area contributed by atoms with Crippen LogP contribution >= 0.6 is 11.6 Å². The van der Waals surface area contributed by atoms with Crippen molar-refractivity contribution in [2.75, 3.05) is 7.11 Å². The summed E-state index contributed by atoms with van der Waals surface area (Å²) in [6.07, 6.45) is 0. The molecule has 0 saturated carbocycles. The quantitative estimate of drug-likeness (QED) is 0.673. The van der Waals surface area contributed by atoms with Crippen LogP contribution in [-0.4, -0.2) is 33.1 Å². The van der Waals surface area contributed by atoms with Crippen molar-refractivity contribution in [1.82, 2.24) is 20.2 Å². The molecule has 0 radical (unpaired) electrons. The summed E-state index contributed by atoms with van der Waals surface area (Å²) in [5, 5.41) is 12.7. The maximum atomic E-state index is 12.4. The third kappa shape index (κ3) is 3.37. The van der Waals surface area contributed by atoms with Gasteiger partial charge in [-0.05, 0) is 41.6 Å². The molecule has 0 aliphatic carbocycles. The molecule has 7 heteroatoms. The topological polar surface area (TPSA) is 69.9 Å². The van der Waals surface area contributed by atoms with Gasteiger partial charge in [-0.15, -0.1) is 10.2 Å². The summed E-state index contributed by atoms with van der Waals surface area (Å²) in [6.45, 7) is -0.0129. The van der Waals surface area contributed by atoms with Crippen LogP contribution in [0.25, 0.3) is 11.4 Å². The van der Waals surface area contributed by atoms with Crippen LogP contribution in [-0.2, 0) is 6.54 Å². The van der Waals surface area contributed by atoms with E-state index in [4.69, 9.17) is 16.3 Å². The second kappa shape index (κ2) is 6.58. The molecular formula is C16H13ClN4O2. The number of halogens is 1. The normalized spacial score (nSPS) is 10.5. The van der Waals surface area contributed by atoms with Gasteiger partial charge >= 0.3 is 0 Å². The molecule has 0 saturated heterocycles. The molecule has 0 fully saturated rings. The predicted octanol–water partition coefficient (Wildman–Crippen LogP) is 2.89. The molecule has 0 unspecified atom stereocenters. The van der Waals surface area contributed by atoms with Gasteiger partial charge in [0.1, 0.15) is 12.3 Å². The average molecular weight is 329 g/mol. The number of rotatable bonds is 5. The Labute approximate surface area is 137 Å². The maximum Gasteiger partial charge on any atom is 0.204 e. The third-order valence-corrected chi connectivity index (χ3v) is 3.50. The lowest BCUT2D eigenvalue weighted by Crippen LogP contribution is -2.14. The molecule has 0 amide bonds. The molecule has 6 nitrogen and oxygen atoms in total. The van der Waals surface area contributed by atoms with Crippen molar-refractivity contribution in [2.24, 2.45) is 0 Å². The largest absolute Gasteiger partial charge is 0.496 e. The molecule has 0 N–H and O–H groups in total. The third-order valence-electron chi connectivity index (χ3n) is 3.25. The lowest BCUT2D eigenvalue weighted by atomic mass is 10.1. The van der Waals surface area contributed by atoms with E-state index >= 15 is 0 Å². The molecule has 116 valence electrons. The summed E-state index contributed by atoms with van der Waals surface area (Å²) >= 11 is 5.85. The Hall–Kier alpha value is -2.73. The Morgan fingerprint density at radius 3 is 2.65 bits per heavy atom. The average Bonchev–Trinajstić information content (AvgIpc) is 3.04. The maximum absolute atomic E-state index is 12.4. The highest BCUT2D eigenvalue weighted by atomic mass is 35.5. The van der Waals surface area contributed by atoms with Crippen LogP contribution in [0.3, 0.4) is 0 Å². The number of hydrogen-bond donors (Lipinski definition) is 0. The second-order valence-electron chi connectivity index (χ2n) is 4.77. The highest BCUT2D eigenvalue weighted by Crippen LogP contribution is 2.19. The van der Waals surface area contributed by atoms with E-state index < -0.39 is 0 Å². The highest BCUT2D eigenvalue weighted by Gasteiger charge is 2.14. The standard InChI is InChI=1S/C16H13ClN4O2/c1-23-15-5-3-2-4-13(15)14(22)10-21-19-16(18-20-21)11-6-8-12(17)9-7-11/h2-9H,10H2,1H3. The second-order valence-corrected chi connectivity index (χ2v) is 5.21. The Morgan fingerprint density at radius 1 is 1.17 bits per heavy atom. The molecular weight excluding hydrogens is 316 g/mol. The highest BCUT2D eigenvalue weighted by molar-refractivity contribution is 6.30. The van der Waals surface area contributed by atoms with E-state index in [1.807, 2.05) is 6.07 Å². The van der Waals surface area contributed by atoms with Crippen LogP contribution in [0, 0.1) is 0 Å². The van der Waals surface area contributed by atoms with E-state index in [1.54, 1.807) is 42.5 Å². The molecule has 3 aromatic rings. The summed E-state index contributed by atoms with van der Waals surface area (Å²) in [5.41, 5.74) is 1.27. The van der Waals surface area contributed by atoms with Crippen molar-refractivity contribution in [3.8, 4) is 17.1 Å². The van der Waals surface area contributed by atoms with Crippen LogP contribution in [0.5, 0.6) is 5.75 Å². The molecule has 1 heterocycles. The van der Waals surface area contributed by atoms with E-state index in [0.29, 0.717) is 22.2 Å². The first-order chi connectivity index (χ1) is 11.2. The summed E-state index contributed by atoms with van der Waals surface area (Å²) in [7, 11) is 1.53. The van der Waals surface area contributed by atoms with E-state index in [1.165, 1.54) is 11.9 Å². The van der Waals surface area contributed by atoms with Gasteiger partial charge in [0, 0.05) is 10.6 Å². The zero-order valence-corrected chi connectivity index (χ0v) is 13.1. The van der Waals surface area contributed by atoms with Crippen molar-refractivity contribution in [3.05, 3.63) is 59.1 Å². The van der Waals surface area contributed by atoms with Crippen molar-refractivity contribution in [1.29, 1.82) is 0 Å². The summed E-state index contributed by atoms with van der Waals surface area (Å²) in [4.78, 5) is 13.6. The Balaban J connectivity index is 1.79. The molecule has 2 aromatic carbocycles. The molecule has 0 aliphatic heterocycles. The fourth-order valence-electron chi connectivity index (χ4n) is 2.11. The number of para-hydroxylation sites is 1. The number of ketones is 1. The van der Waals surface area contributed by atoms with E-state index in [2.05, 4.69) is 15.4 Å². The van der Waals surface area contributed by atoms with Gasteiger partial charge in [0.15, 0.2) is 5.78 Å². The fourth-order valence-corrected chi connectivity index (χ4v) is 2.24. The van der Waals surface area contributed by atoms with Gasteiger partial charge in [0.25, 0.3) is 0 Å². The summed E-state index contributed by atoms with van der Waals surface area (Å²) in [5.74, 6) is 0.813. The van der Waals surface area contributed by atoms with Crippen LogP contribution in [0.1, 0.15) is 10.4 Å². The van der Waals surface area contributed by atoms with Crippen molar-refractivity contribution < 1.29 is 9.53 Å². The first-order valence-electron chi connectivity index (χ1n) is 6.87. The van der Waals surface area contributed by atoms with Crippen LogP contribution < -0.4 is 4.74 Å². The molecule has 0 atom stereocenters. The lowest BCUT2D eigenvalue weighted by Gasteiger charge is -2.06. The zero-order valence-electron chi connectivity index (χ0n) is 12.3. The minimum atomic E-state index is -0.150. The number of hydrogen-bond acceptors (Lipinski definition) is 5. The summed E-state index contributed by atoms with van der Waals surface area (Å²) in [6, 6.07) is 14.1. The molecule has 0 aliphatic rings. The van der Waals surface area contributed by atoms with Crippen LogP contribution in [0.4, 0.5) is 0 Å². The van der Waals surface area contributed by atoms with Gasteiger partial charge in [-0.3, -0.25) is 4.79 Å². The first kappa shape index (κ1) is 15.2. The van der Waals surface area contributed by atoms with E-state index in [0.717, 1.165) is 5.56 Å². The van der Waals surface area contributed by atoms with Gasteiger partial charge in [-0.2, -0.15) is 4.80 Å². The monoisotopic (exact) mass is 328 g/mol. The number of Topliss-reactive ketones (excluding diaryl/α,β-unsaturated/α-hetero) is 1. The number of benzene rings is 2. The molecule has 1 aromatic heterocycles. The number of aromatic nitrogens is 4. The Morgan fingerprint density at radius 2 is 1.91 bits per heavy atom. The van der Waals surface area contributed by atoms with E-state index in [-0.39, 0.29) is 12.3 Å². The van der Waals surface area contributed by atoms with Crippen LogP contribution in [0.2, 0.25) is 5.02 Å². The van der Waals surface area contributed by atoms with Gasteiger partial charge < -0.3 is 4.74 Å². The Kier molecular flexibility index (Phi) is 4.34. The van der Waals surface area contributed by atoms with Gasteiger partial charge in [0.05, 0.1) is 12.7 Å². The van der Waals surface area contributed by atoms with Crippen molar-refractivity contribution >= 4 is 17.4 Å². The number of nitrogens with zero attached hydrogens (tertiary/aromatic N) is 4. The molecule has 0 spiro atoms. The minimum absolute atomic E-state index is 0.0129. The number of carbonyl (C=O) groups excluding carboxylic acids is 1.